The molecule has 0 bridgehead atoms. The molecule has 26 heavy (non-hydrogen) atoms. The molecule has 0 fully saturated rings. The third-order valence-electron chi connectivity index (χ3n) is 4.20. The molecular formula is C18H15ClN4O2S. The molecular weight excluding hydrogens is 372 g/mol. The molecule has 2 aromatic heterocycles. The Morgan fingerprint density at radius 2 is 2.15 bits per heavy atom. The van der Waals surface area contributed by atoms with Gasteiger partial charge in [-0.25, -0.2) is 5.01 Å². The minimum absolute atomic E-state index is 0.0664. The molecule has 1 N–H and O–H groups in total. The molecule has 4 rings (SSSR count). The summed E-state index contributed by atoms with van der Waals surface area (Å²) in [4.78, 5) is 13.2. The Morgan fingerprint density at radius 1 is 1.35 bits per heavy atom. The zero-order valence-electron chi connectivity index (χ0n) is 13.6. The minimum atomic E-state index is -0.295. The zero-order chi connectivity index (χ0) is 18.1. The second-order valence-corrected chi connectivity index (χ2v) is 7.19. The number of furan rings is 1. The number of rotatable bonds is 4. The van der Waals surface area contributed by atoms with Crippen molar-refractivity contribution >= 4 is 34.6 Å². The Balaban J connectivity index is 1.65. The van der Waals surface area contributed by atoms with Gasteiger partial charge in [0.05, 0.1) is 12.0 Å². The number of nitrogens with one attached hydrogen (secondary N) is 1. The van der Waals surface area contributed by atoms with Gasteiger partial charge in [-0.2, -0.15) is 5.10 Å². The third-order valence-corrected chi connectivity index (χ3v) is 5.17. The van der Waals surface area contributed by atoms with Crippen LogP contribution in [0.4, 0.5) is 0 Å². The molecule has 0 aliphatic carbocycles. The Kier molecular flexibility index (Phi) is 4.48. The van der Waals surface area contributed by atoms with Crippen molar-refractivity contribution < 1.29 is 9.21 Å². The number of benzene rings is 1. The van der Waals surface area contributed by atoms with E-state index in [1.54, 1.807) is 40.6 Å². The zero-order valence-corrected chi connectivity index (χ0v) is 15.2. The lowest BCUT2D eigenvalue weighted by Crippen LogP contribution is -2.32. The van der Waals surface area contributed by atoms with Gasteiger partial charge < -0.3 is 8.98 Å². The van der Waals surface area contributed by atoms with E-state index in [1.165, 1.54) is 16.3 Å². The summed E-state index contributed by atoms with van der Waals surface area (Å²) in [6, 6.07) is 10.7. The van der Waals surface area contributed by atoms with Crippen LogP contribution in [0.5, 0.6) is 0 Å². The number of thiazole rings is 1. The maximum Gasteiger partial charge on any atom is 0.263 e. The molecule has 1 aliphatic rings. The number of hydrogen-bond donors (Lipinski definition) is 1. The fourth-order valence-electron chi connectivity index (χ4n) is 2.91. The maximum atomic E-state index is 12.9. The van der Waals surface area contributed by atoms with Crippen molar-refractivity contribution in [2.24, 2.45) is 5.10 Å². The lowest BCUT2D eigenvalue weighted by molar-refractivity contribution is -0.134. The van der Waals surface area contributed by atoms with Gasteiger partial charge in [0.15, 0.2) is 4.80 Å². The number of aromatic nitrogens is 1. The van der Waals surface area contributed by atoms with Crippen LogP contribution in [0, 0.1) is 5.41 Å². The number of carbonyl (C=O) groups excluding carboxylic acids is 1. The van der Waals surface area contributed by atoms with Crippen LogP contribution >= 0.6 is 22.9 Å². The van der Waals surface area contributed by atoms with Gasteiger partial charge in [0.1, 0.15) is 18.3 Å². The summed E-state index contributed by atoms with van der Waals surface area (Å²) in [5.74, 6) is 0.500. The first-order chi connectivity index (χ1) is 12.6. The van der Waals surface area contributed by atoms with Crippen LogP contribution in [0.1, 0.15) is 23.8 Å². The van der Waals surface area contributed by atoms with Crippen LogP contribution in [0.3, 0.4) is 0 Å². The van der Waals surface area contributed by atoms with E-state index in [2.05, 4.69) is 5.10 Å². The normalized spacial score (nSPS) is 16.7. The van der Waals surface area contributed by atoms with E-state index < -0.39 is 0 Å². The summed E-state index contributed by atoms with van der Waals surface area (Å²) in [5, 5.41) is 16.3. The Hall–Kier alpha value is -2.64. The highest BCUT2D eigenvalue weighted by atomic mass is 35.5. The van der Waals surface area contributed by atoms with E-state index in [4.69, 9.17) is 21.4 Å². The summed E-state index contributed by atoms with van der Waals surface area (Å²) in [6.07, 6.45) is 3.88. The lowest BCUT2D eigenvalue weighted by Gasteiger charge is -2.20. The van der Waals surface area contributed by atoms with Gasteiger partial charge in [0.2, 0.25) is 0 Å². The van der Waals surface area contributed by atoms with Crippen LogP contribution < -0.4 is 4.80 Å². The van der Waals surface area contributed by atoms with Gasteiger partial charge in [-0.3, -0.25) is 10.2 Å². The summed E-state index contributed by atoms with van der Waals surface area (Å²) >= 11 is 7.24. The molecule has 0 saturated heterocycles. The molecule has 3 heterocycles. The van der Waals surface area contributed by atoms with E-state index in [0.717, 1.165) is 11.3 Å². The summed E-state index contributed by atoms with van der Waals surface area (Å²) in [7, 11) is 0. The fourth-order valence-corrected chi connectivity index (χ4v) is 3.63. The van der Waals surface area contributed by atoms with Crippen LogP contribution in [0.25, 0.3) is 0 Å². The smallest absolute Gasteiger partial charge is 0.263 e. The van der Waals surface area contributed by atoms with Crippen molar-refractivity contribution in [2.45, 2.75) is 19.0 Å². The SMILES string of the molecule is N=c1sccn1CC(=O)N1N=C(c2ccc(Cl)cc2)C[C@H]1c1ccco1. The van der Waals surface area contributed by atoms with E-state index in [1.807, 2.05) is 18.2 Å². The van der Waals surface area contributed by atoms with Gasteiger partial charge in [-0.1, -0.05) is 23.7 Å². The molecule has 3 aromatic rings. The van der Waals surface area contributed by atoms with E-state index >= 15 is 0 Å². The number of carbonyl (C=O) groups is 1. The predicted octanol–water partition coefficient (Wildman–Crippen LogP) is 3.65. The number of nitrogens with zero attached hydrogens (tertiary/aromatic N) is 3. The van der Waals surface area contributed by atoms with Crippen molar-refractivity contribution in [3.63, 3.8) is 0 Å². The van der Waals surface area contributed by atoms with Crippen molar-refractivity contribution in [2.75, 3.05) is 0 Å². The van der Waals surface area contributed by atoms with Crippen LogP contribution in [-0.2, 0) is 11.3 Å². The summed E-state index contributed by atoms with van der Waals surface area (Å²) < 4.78 is 7.13. The highest BCUT2D eigenvalue weighted by Gasteiger charge is 2.34. The Morgan fingerprint density at radius 3 is 2.81 bits per heavy atom. The van der Waals surface area contributed by atoms with Crippen LogP contribution in [0.15, 0.2) is 63.8 Å². The third kappa shape index (κ3) is 3.23. The summed E-state index contributed by atoms with van der Waals surface area (Å²) in [5.41, 5.74) is 1.73. The topological polar surface area (TPSA) is 74.6 Å². The van der Waals surface area contributed by atoms with Gasteiger partial charge >= 0.3 is 0 Å². The number of hydrazone groups is 1. The second kappa shape index (κ2) is 6.93. The molecule has 6 nitrogen and oxygen atoms in total. The fraction of sp³-hybridized carbons (Fsp3) is 0.167. The first-order valence-electron chi connectivity index (χ1n) is 7.99. The average Bonchev–Trinajstić information content (AvgIpc) is 3.36. The molecule has 1 amide bonds. The van der Waals surface area contributed by atoms with Gasteiger partial charge in [-0.15, -0.1) is 11.3 Å². The standard InChI is InChI=1S/C18H15ClN4O2S/c19-13-5-3-12(4-6-13)14-10-15(16-2-1-8-25-16)23(21-14)17(24)11-22-7-9-26-18(22)20/h1-9,15,20H,10-11H2/t15-/m0/s1. The molecule has 0 radical (unpaired) electrons. The summed E-state index contributed by atoms with van der Waals surface area (Å²) in [6.45, 7) is 0.0664. The van der Waals surface area contributed by atoms with Gasteiger partial charge in [0.25, 0.3) is 5.91 Å². The van der Waals surface area contributed by atoms with E-state index in [0.29, 0.717) is 22.0 Å². The highest BCUT2D eigenvalue weighted by Crippen LogP contribution is 2.33. The maximum absolute atomic E-state index is 12.9. The Labute approximate surface area is 158 Å². The lowest BCUT2D eigenvalue weighted by atomic mass is 10.0. The van der Waals surface area contributed by atoms with Crippen LogP contribution in [0.2, 0.25) is 5.02 Å². The monoisotopic (exact) mass is 386 g/mol. The molecule has 0 saturated carbocycles. The predicted molar refractivity (Wildman–Crippen MR) is 99.1 cm³/mol. The largest absolute Gasteiger partial charge is 0.467 e. The van der Waals surface area contributed by atoms with E-state index in [9.17, 15) is 4.79 Å². The minimum Gasteiger partial charge on any atom is -0.467 e. The molecule has 8 heteroatoms. The average molecular weight is 387 g/mol. The van der Waals surface area contributed by atoms with Crippen molar-refractivity contribution in [3.8, 4) is 0 Å². The molecule has 1 aromatic carbocycles. The molecule has 1 aliphatic heterocycles. The quantitative estimate of drug-likeness (QED) is 0.743. The second-order valence-electron chi connectivity index (χ2n) is 5.86. The number of hydrogen-bond acceptors (Lipinski definition) is 5. The Bertz CT molecular complexity index is 1000. The van der Waals surface area contributed by atoms with Crippen molar-refractivity contribution in [3.05, 3.63) is 75.4 Å². The van der Waals surface area contributed by atoms with Gasteiger partial charge in [-0.05, 0) is 29.8 Å². The molecule has 0 spiro atoms. The van der Waals surface area contributed by atoms with Crippen molar-refractivity contribution in [1.29, 1.82) is 5.41 Å². The van der Waals surface area contributed by atoms with Gasteiger partial charge in [0, 0.05) is 23.0 Å². The molecule has 132 valence electrons. The van der Waals surface area contributed by atoms with Crippen molar-refractivity contribution in [1.82, 2.24) is 9.58 Å². The highest BCUT2D eigenvalue weighted by molar-refractivity contribution is 7.06. The number of halogens is 1. The van der Waals surface area contributed by atoms with Crippen LogP contribution in [-0.4, -0.2) is 21.2 Å². The van der Waals surface area contributed by atoms with E-state index in [-0.39, 0.29) is 18.5 Å². The first kappa shape index (κ1) is 16.8. The number of amides is 1. The first-order valence-corrected chi connectivity index (χ1v) is 9.25. The molecule has 1 atom stereocenters. The molecule has 0 unspecified atom stereocenters.